The van der Waals surface area contributed by atoms with Gasteiger partial charge in [-0.3, -0.25) is 4.79 Å². The molecule has 0 aromatic carbocycles. The Morgan fingerprint density at radius 1 is 1.38 bits per heavy atom. The Bertz CT molecular complexity index is 509. The third-order valence-corrected chi connectivity index (χ3v) is 4.54. The van der Waals surface area contributed by atoms with Crippen LogP contribution < -0.4 is 5.32 Å². The first-order chi connectivity index (χ1) is 9.99. The Balaban J connectivity index is 1.80. The molecule has 5 nitrogen and oxygen atoms in total. The van der Waals surface area contributed by atoms with E-state index >= 15 is 0 Å². The Hall–Kier alpha value is -1.78. The maximum absolute atomic E-state index is 11.9. The quantitative estimate of drug-likeness (QED) is 0.865. The van der Waals surface area contributed by atoms with Gasteiger partial charge in [-0.05, 0) is 30.4 Å². The fourth-order valence-electron chi connectivity index (χ4n) is 2.91. The summed E-state index contributed by atoms with van der Waals surface area (Å²) < 4.78 is 6.73. The number of amides is 1. The first kappa shape index (κ1) is 15.6. The molecule has 1 aliphatic rings. The van der Waals surface area contributed by atoms with Crippen LogP contribution in [0.25, 0.3) is 0 Å². The smallest absolute Gasteiger partial charge is 0.355 e. The van der Waals surface area contributed by atoms with Gasteiger partial charge in [-0.2, -0.15) is 0 Å². The van der Waals surface area contributed by atoms with Gasteiger partial charge in [0.05, 0.1) is 0 Å². The van der Waals surface area contributed by atoms with E-state index in [-0.39, 0.29) is 18.6 Å². The summed E-state index contributed by atoms with van der Waals surface area (Å²) in [5.74, 6) is 0.396. The molecule has 0 unspecified atom stereocenters. The maximum Gasteiger partial charge on any atom is 0.355 e. The Labute approximate surface area is 125 Å². The van der Waals surface area contributed by atoms with E-state index in [1.165, 1.54) is 6.42 Å². The molecule has 3 atom stereocenters. The molecule has 21 heavy (non-hydrogen) atoms. The normalized spacial score (nSPS) is 25.4. The van der Waals surface area contributed by atoms with E-state index in [9.17, 15) is 9.59 Å². The third kappa shape index (κ3) is 3.86. The lowest BCUT2D eigenvalue weighted by molar-refractivity contribution is -0.125. The molecule has 0 aliphatic heterocycles. The molecule has 116 valence electrons. The van der Waals surface area contributed by atoms with Gasteiger partial charge in [0.1, 0.15) is 5.69 Å². The fraction of sp³-hybridized carbons (Fsp3) is 0.625. The molecule has 1 N–H and O–H groups in total. The second kappa shape index (κ2) is 6.78. The summed E-state index contributed by atoms with van der Waals surface area (Å²) in [5, 5.41) is 2.99. The highest BCUT2D eigenvalue weighted by Crippen LogP contribution is 2.29. The number of hydrogen-bond donors (Lipinski definition) is 1. The Morgan fingerprint density at radius 3 is 2.81 bits per heavy atom. The minimum atomic E-state index is -0.470. The Morgan fingerprint density at radius 2 is 2.14 bits per heavy atom. The van der Waals surface area contributed by atoms with E-state index in [0.29, 0.717) is 17.5 Å². The maximum atomic E-state index is 11.9. The zero-order valence-electron chi connectivity index (χ0n) is 13.0. The monoisotopic (exact) mass is 292 g/mol. The van der Waals surface area contributed by atoms with Crippen molar-refractivity contribution in [3.8, 4) is 0 Å². The van der Waals surface area contributed by atoms with Crippen LogP contribution in [-0.4, -0.2) is 29.1 Å². The molecule has 1 heterocycles. The van der Waals surface area contributed by atoms with E-state index in [2.05, 4.69) is 19.2 Å². The molecule has 1 aromatic heterocycles. The molecule has 1 saturated carbocycles. The number of aryl methyl sites for hydroxylation is 1. The van der Waals surface area contributed by atoms with Gasteiger partial charge in [0.2, 0.25) is 0 Å². The number of rotatable bonds is 4. The molecular weight excluding hydrogens is 268 g/mol. The molecule has 1 amide bonds. The summed E-state index contributed by atoms with van der Waals surface area (Å²) in [6.07, 6.45) is 5.13. The topological polar surface area (TPSA) is 60.3 Å². The van der Waals surface area contributed by atoms with Crippen molar-refractivity contribution < 1.29 is 14.3 Å². The van der Waals surface area contributed by atoms with Crippen molar-refractivity contribution in [3.63, 3.8) is 0 Å². The van der Waals surface area contributed by atoms with Crippen molar-refractivity contribution in [1.82, 2.24) is 9.88 Å². The summed E-state index contributed by atoms with van der Waals surface area (Å²) in [6, 6.07) is 3.63. The third-order valence-electron chi connectivity index (χ3n) is 4.54. The molecule has 0 spiro atoms. The summed E-state index contributed by atoms with van der Waals surface area (Å²) in [6.45, 7) is 4.17. The number of carbonyl (C=O) groups is 2. The van der Waals surface area contributed by atoms with Gasteiger partial charge in [0.25, 0.3) is 5.91 Å². The van der Waals surface area contributed by atoms with E-state index < -0.39 is 5.97 Å². The number of nitrogens with one attached hydrogen (secondary N) is 1. The average Bonchev–Trinajstić information content (AvgIpc) is 2.87. The van der Waals surface area contributed by atoms with E-state index in [0.717, 1.165) is 12.8 Å². The van der Waals surface area contributed by atoms with Gasteiger partial charge < -0.3 is 14.6 Å². The molecule has 2 rings (SSSR count). The number of carbonyl (C=O) groups excluding carboxylic acids is 2. The minimum absolute atomic E-state index is 0.190. The number of hydrogen-bond acceptors (Lipinski definition) is 3. The number of nitrogens with zero attached hydrogens (tertiary/aromatic N) is 1. The highest BCUT2D eigenvalue weighted by molar-refractivity contribution is 5.89. The number of esters is 1. The predicted molar refractivity (Wildman–Crippen MR) is 79.8 cm³/mol. The fourth-order valence-corrected chi connectivity index (χ4v) is 2.91. The standard InChI is InChI=1S/C16H24N2O3/c1-11-6-4-7-13(12(11)2)17-15(19)10-21-16(20)14-8-5-9-18(14)3/h5,8-9,11-13H,4,6-7,10H2,1-3H3,(H,17,19)/t11-,12+,13+/m1/s1. The average molecular weight is 292 g/mol. The second-order valence-corrected chi connectivity index (χ2v) is 6.02. The van der Waals surface area contributed by atoms with Crippen LogP contribution in [0.5, 0.6) is 0 Å². The summed E-state index contributed by atoms with van der Waals surface area (Å²) in [4.78, 5) is 23.7. The number of aromatic nitrogens is 1. The van der Waals surface area contributed by atoms with Crippen molar-refractivity contribution in [1.29, 1.82) is 0 Å². The van der Waals surface area contributed by atoms with E-state index in [1.807, 2.05) is 0 Å². The van der Waals surface area contributed by atoms with Crippen molar-refractivity contribution in [2.45, 2.75) is 39.2 Å². The van der Waals surface area contributed by atoms with Crippen molar-refractivity contribution in [3.05, 3.63) is 24.0 Å². The molecule has 0 saturated heterocycles. The predicted octanol–water partition coefficient (Wildman–Crippen LogP) is 2.12. The van der Waals surface area contributed by atoms with E-state index in [1.54, 1.807) is 29.9 Å². The van der Waals surface area contributed by atoms with Crippen LogP contribution in [-0.2, 0) is 16.6 Å². The van der Waals surface area contributed by atoms with Crippen LogP contribution >= 0.6 is 0 Å². The number of ether oxygens (including phenoxy) is 1. The molecule has 1 aromatic rings. The van der Waals surface area contributed by atoms with Gasteiger partial charge in [-0.15, -0.1) is 0 Å². The van der Waals surface area contributed by atoms with Crippen molar-refractivity contribution in [2.24, 2.45) is 18.9 Å². The van der Waals surface area contributed by atoms with Crippen LogP contribution in [0.15, 0.2) is 18.3 Å². The first-order valence-electron chi connectivity index (χ1n) is 7.57. The van der Waals surface area contributed by atoms with E-state index in [4.69, 9.17) is 4.74 Å². The van der Waals surface area contributed by atoms with Gasteiger partial charge in [-0.1, -0.05) is 26.7 Å². The molecule has 0 bridgehead atoms. The second-order valence-electron chi connectivity index (χ2n) is 6.02. The van der Waals surface area contributed by atoms with Gasteiger partial charge in [0, 0.05) is 19.3 Å². The molecule has 1 fully saturated rings. The lowest BCUT2D eigenvalue weighted by atomic mass is 9.78. The first-order valence-corrected chi connectivity index (χ1v) is 7.57. The van der Waals surface area contributed by atoms with Crippen molar-refractivity contribution in [2.75, 3.05) is 6.61 Å². The van der Waals surface area contributed by atoms with Crippen LogP contribution in [0.1, 0.15) is 43.6 Å². The molecule has 1 aliphatic carbocycles. The molecule has 5 heteroatoms. The summed E-state index contributed by atoms with van der Waals surface area (Å²) in [5.41, 5.74) is 0.447. The zero-order valence-corrected chi connectivity index (χ0v) is 13.0. The lowest BCUT2D eigenvalue weighted by Crippen LogP contribution is -2.45. The Kier molecular flexibility index (Phi) is 5.04. The van der Waals surface area contributed by atoms with Crippen molar-refractivity contribution >= 4 is 11.9 Å². The summed E-state index contributed by atoms with van der Waals surface area (Å²) in [7, 11) is 1.77. The van der Waals surface area contributed by atoms with Crippen LogP contribution in [0.3, 0.4) is 0 Å². The highest BCUT2D eigenvalue weighted by Gasteiger charge is 2.28. The van der Waals surface area contributed by atoms with Gasteiger partial charge in [0.15, 0.2) is 6.61 Å². The minimum Gasteiger partial charge on any atom is -0.451 e. The van der Waals surface area contributed by atoms with Gasteiger partial charge in [-0.25, -0.2) is 4.79 Å². The van der Waals surface area contributed by atoms with Crippen LogP contribution in [0, 0.1) is 11.8 Å². The van der Waals surface area contributed by atoms with Crippen LogP contribution in [0.2, 0.25) is 0 Å². The SMILES string of the molecule is C[C@H]1[C@H](C)CCC[C@@H]1NC(=O)COC(=O)c1cccn1C. The lowest BCUT2D eigenvalue weighted by Gasteiger charge is -2.34. The molecule has 0 radical (unpaired) electrons. The summed E-state index contributed by atoms with van der Waals surface area (Å²) >= 11 is 0. The van der Waals surface area contributed by atoms with Gasteiger partial charge >= 0.3 is 5.97 Å². The largest absolute Gasteiger partial charge is 0.451 e. The highest BCUT2D eigenvalue weighted by atomic mass is 16.5. The molecular formula is C16H24N2O3. The van der Waals surface area contributed by atoms with Crippen LogP contribution in [0.4, 0.5) is 0 Å². The zero-order chi connectivity index (χ0) is 15.4.